The number of nitrogens with two attached hydrogens (primary N) is 1. The number of amides is 1. The maximum absolute atomic E-state index is 12.7. The highest BCUT2D eigenvalue weighted by Gasteiger charge is 2.18. The number of hydrogen-bond donors (Lipinski definition) is 3. The van der Waals surface area contributed by atoms with Crippen LogP contribution in [0.2, 0.25) is 0 Å². The number of carbonyl (C=O) groups is 3. The van der Waals surface area contributed by atoms with E-state index in [2.05, 4.69) is 55.6 Å². The van der Waals surface area contributed by atoms with Crippen LogP contribution >= 0.6 is 0 Å². The summed E-state index contributed by atoms with van der Waals surface area (Å²) in [6, 6.07) is -0.856. The molecule has 2 atom stereocenters. The van der Waals surface area contributed by atoms with Crippen LogP contribution in [0.4, 0.5) is 0 Å². The van der Waals surface area contributed by atoms with Gasteiger partial charge in [-0.25, -0.2) is 4.79 Å². The van der Waals surface area contributed by atoms with Gasteiger partial charge in [-0.3, -0.25) is 9.59 Å². The molecule has 0 aromatic rings. The summed E-state index contributed by atoms with van der Waals surface area (Å²) in [4.78, 5) is 36.2. The fourth-order valence-corrected chi connectivity index (χ4v) is 5.98. The van der Waals surface area contributed by atoms with Gasteiger partial charge in [-0.05, 0) is 96.1 Å². The van der Waals surface area contributed by atoms with Crippen LogP contribution in [0, 0.1) is 0 Å². The Bertz CT molecular complexity index is 885. The molecule has 0 saturated heterocycles. The summed E-state index contributed by atoms with van der Waals surface area (Å²) in [5.74, 6) is -1.30. The second-order valence-electron chi connectivity index (χ2n) is 14.0. The van der Waals surface area contributed by atoms with Gasteiger partial charge in [0.1, 0.15) is 12.1 Å². The van der Waals surface area contributed by atoms with Crippen LogP contribution in [0.3, 0.4) is 0 Å². The van der Waals surface area contributed by atoms with E-state index in [9.17, 15) is 19.5 Å². The molecule has 0 saturated carbocycles. The number of hydrogen-bond acceptors (Lipinski definition) is 5. The Morgan fingerprint density at radius 1 is 0.600 bits per heavy atom. The fraction of sp³-hybridized carbons (Fsp3) is 0.791. The third-order valence-corrected chi connectivity index (χ3v) is 9.16. The molecule has 2 unspecified atom stereocenters. The topological polar surface area (TPSA) is 119 Å². The smallest absolute Gasteiger partial charge is 0.326 e. The maximum atomic E-state index is 12.7. The highest BCUT2D eigenvalue weighted by atomic mass is 16.5. The summed E-state index contributed by atoms with van der Waals surface area (Å²) >= 11 is 0. The summed E-state index contributed by atoms with van der Waals surface area (Å²) in [6.07, 6.45) is 43.5. The van der Waals surface area contributed by atoms with E-state index in [1.165, 1.54) is 89.9 Å². The first-order valence-corrected chi connectivity index (χ1v) is 20.8. The van der Waals surface area contributed by atoms with E-state index in [1.54, 1.807) is 0 Å². The van der Waals surface area contributed by atoms with Crippen LogP contribution < -0.4 is 11.1 Å². The van der Waals surface area contributed by atoms with Crippen molar-refractivity contribution in [1.29, 1.82) is 0 Å². The molecule has 4 N–H and O–H groups in total. The SMILES string of the molecule is CCCCCC/C=C\C/C=C\C(CCCCCCCCC(=O)NC(CCCN)C(=O)O)OC(=O)CCCCCCC/C=C\CCCCCCC. The molecule has 0 aliphatic rings. The zero-order valence-corrected chi connectivity index (χ0v) is 32.5. The van der Waals surface area contributed by atoms with Crippen molar-refractivity contribution < 1.29 is 24.2 Å². The highest BCUT2D eigenvalue weighted by Crippen LogP contribution is 2.15. The average Bonchev–Trinajstić information content (AvgIpc) is 3.10. The van der Waals surface area contributed by atoms with Crippen LogP contribution in [0.1, 0.15) is 200 Å². The number of carboxylic acid groups (broad SMARTS) is 1. The molecule has 0 aromatic carbocycles. The molecule has 7 heteroatoms. The second-order valence-corrected chi connectivity index (χ2v) is 14.0. The number of unbranched alkanes of at least 4 members (excludes halogenated alkanes) is 19. The van der Waals surface area contributed by atoms with Crippen molar-refractivity contribution in [1.82, 2.24) is 5.32 Å². The van der Waals surface area contributed by atoms with E-state index in [1.807, 2.05) is 0 Å². The monoisotopic (exact) mass is 703 g/mol. The zero-order valence-electron chi connectivity index (χ0n) is 32.5. The van der Waals surface area contributed by atoms with Gasteiger partial charge in [-0.15, -0.1) is 0 Å². The average molecular weight is 703 g/mol. The van der Waals surface area contributed by atoms with Crippen molar-refractivity contribution >= 4 is 17.8 Å². The number of ether oxygens (including phenoxy) is 1. The van der Waals surface area contributed by atoms with Crippen LogP contribution in [-0.2, 0) is 19.1 Å². The van der Waals surface area contributed by atoms with Crippen molar-refractivity contribution in [3.63, 3.8) is 0 Å². The van der Waals surface area contributed by atoms with Crippen molar-refractivity contribution in [3.8, 4) is 0 Å². The molecule has 0 rings (SSSR count). The first kappa shape index (κ1) is 47.6. The molecule has 290 valence electrons. The van der Waals surface area contributed by atoms with Crippen LogP contribution in [0.5, 0.6) is 0 Å². The molecule has 0 aliphatic heterocycles. The molecule has 0 bridgehead atoms. The lowest BCUT2D eigenvalue weighted by Crippen LogP contribution is -2.40. The minimum atomic E-state index is -1.01. The standard InChI is InChI=1S/C43H78N2O5/c1-3-5-7-9-11-13-14-15-16-17-19-21-27-31-37-42(47)50-39(33-28-24-20-18-12-10-8-6-4-2)34-29-25-22-23-26-30-36-41(46)45-40(43(48)49)35-32-38-44/h14-15,18,20,28,33,39-40H,3-13,16-17,19,21-27,29-32,34-38,44H2,1-2H3,(H,45,46)(H,48,49)/b15-14-,20-18-,33-28-. The number of esters is 1. The second kappa shape index (κ2) is 37.8. The zero-order chi connectivity index (χ0) is 36.8. The van der Waals surface area contributed by atoms with E-state index in [4.69, 9.17) is 10.5 Å². The number of nitrogens with one attached hydrogen (secondary N) is 1. The van der Waals surface area contributed by atoms with Crippen molar-refractivity contribution in [2.24, 2.45) is 5.73 Å². The van der Waals surface area contributed by atoms with Crippen molar-refractivity contribution in [2.45, 2.75) is 212 Å². The predicted molar refractivity (Wildman–Crippen MR) is 211 cm³/mol. The summed E-state index contributed by atoms with van der Waals surface area (Å²) in [5, 5.41) is 11.9. The van der Waals surface area contributed by atoms with Crippen molar-refractivity contribution in [3.05, 3.63) is 36.5 Å². The lowest BCUT2D eigenvalue weighted by Gasteiger charge is -2.15. The molecule has 0 aliphatic carbocycles. The molecule has 0 spiro atoms. The van der Waals surface area contributed by atoms with Gasteiger partial charge in [0.25, 0.3) is 0 Å². The van der Waals surface area contributed by atoms with E-state index >= 15 is 0 Å². The van der Waals surface area contributed by atoms with E-state index in [-0.39, 0.29) is 18.0 Å². The third kappa shape index (κ3) is 34.1. The fourth-order valence-electron chi connectivity index (χ4n) is 5.98. The molecule has 7 nitrogen and oxygen atoms in total. The van der Waals surface area contributed by atoms with Gasteiger partial charge < -0.3 is 20.9 Å². The molecule has 0 fully saturated rings. The number of carbonyl (C=O) groups excluding carboxylic acids is 2. The third-order valence-electron chi connectivity index (χ3n) is 9.16. The lowest BCUT2D eigenvalue weighted by molar-refractivity contribution is -0.147. The minimum absolute atomic E-state index is 0.0839. The van der Waals surface area contributed by atoms with E-state index in [0.717, 1.165) is 70.6 Å². The lowest BCUT2D eigenvalue weighted by atomic mass is 10.0. The molecule has 1 amide bonds. The predicted octanol–water partition coefficient (Wildman–Crippen LogP) is 11.4. The number of aliphatic carboxylic acids is 1. The minimum Gasteiger partial charge on any atom is -0.480 e. The van der Waals surface area contributed by atoms with Crippen LogP contribution in [0.15, 0.2) is 36.5 Å². The Hall–Kier alpha value is -2.41. The number of carboxylic acids is 1. The van der Waals surface area contributed by atoms with Gasteiger partial charge in [0.2, 0.25) is 5.91 Å². The maximum Gasteiger partial charge on any atom is 0.326 e. The summed E-state index contributed by atoms with van der Waals surface area (Å²) in [7, 11) is 0. The number of allylic oxidation sites excluding steroid dienone is 5. The summed E-state index contributed by atoms with van der Waals surface area (Å²) < 4.78 is 5.93. The first-order chi connectivity index (χ1) is 24.4. The molecule has 0 radical (unpaired) electrons. The summed E-state index contributed by atoms with van der Waals surface area (Å²) in [6.45, 7) is 4.90. The van der Waals surface area contributed by atoms with E-state index in [0.29, 0.717) is 32.2 Å². The van der Waals surface area contributed by atoms with Gasteiger partial charge in [0, 0.05) is 12.8 Å². The first-order valence-electron chi connectivity index (χ1n) is 20.8. The quantitative estimate of drug-likeness (QED) is 0.0337. The Kier molecular flexibility index (Phi) is 36.0. The molecular weight excluding hydrogens is 624 g/mol. The van der Waals surface area contributed by atoms with Gasteiger partial charge in [0.15, 0.2) is 0 Å². The van der Waals surface area contributed by atoms with Crippen LogP contribution in [0.25, 0.3) is 0 Å². The largest absolute Gasteiger partial charge is 0.480 e. The highest BCUT2D eigenvalue weighted by molar-refractivity contribution is 5.83. The van der Waals surface area contributed by atoms with Gasteiger partial charge in [-0.1, -0.05) is 134 Å². The Morgan fingerprint density at radius 2 is 1.10 bits per heavy atom. The molecule has 0 heterocycles. The molecular formula is C43H78N2O5. The number of rotatable bonds is 37. The van der Waals surface area contributed by atoms with Crippen molar-refractivity contribution in [2.75, 3.05) is 6.54 Å². The summed E-state index contributed by atoms with van der Waals surface area (Å²) in [5.41, 5.74) is 5.47. The van der Waals surface area contributed by atoms with Gasteiger partial charge in [0.05, 0.1) is 0 Å². The van der Waals surface area contributed by atoms with Gasteiger partial charge >= 0.3 is 11.9 Å². The Balaban J connectivity index is 4.34. The molecule has 0 aromatic heterocycles. The molecule has 50 heavy (non-hydrogen) atoms. The normalized spacial score (nSPS) is 13.0. The Labute approximate surface area is 307 Å². The van der Waals surface area contributed by atoms with E-state index < -0.39 is 12.0 Å². The van der Waals surface area contributed by atoms with Gasteiger partial charge in [-0.2, -0.15) is 0 Å². The Morgan fingerprint density at radius 3 is 1.68 bits per heavy atom. The van der Waals surface area contributed by atoms with Crippen LogP contribution in [-0.4, -0.2) is 41.6 Å².